The second kappa shape index (κ2) is 11.1. The predicted molar refractivity (Wildman–Crippen MR) is 140 cm³/mol. The van der Waals surface area contributed by atoms with E-state index in [1.807, 2.05) is 49.8 Å². The number of hydrogen-bond donors (Lipinski definition) is 2. The minimum Gasteiger partial charge on any atom is -0.355 e. The highest BCUT2D eigenvalue weighted by Gasteiger charge is 2.22. The molecule has 1 aliphatic rings. The molecule has 2 N–H and O–H groups in total. The summed E-state index contributed by atoms with van der Waals surface area (Å²) in [6, 6.07) is 13.0. The van der Waals surface area contributed by atoms with Crippen molar-refractivity contribution in [1.82, 2.24) is 25.1 Å². The molecule has 0 saturated carbocycles. The first-order chi connectivity index (χ1) is 14.6. The molecule has 0 amide bonds. The SMILES string of the molecule is CN=C(NCC(C)N1CCc2sccc2C1)N(C)Cc1ncc(-c2ccccc2)[nH]1.I. The molecule has 0 aliphatic carbocycles. The normalized spacial score (nSPS) is 15.1. The van der Waals surface area contributed by atoms with Gasteiger partial charge in [-0.2, -0.15) is 0 Å². The second-order valence-electron chi connectivity index (χ2n) is 7.83. The third kappa shape index (κ3) is 5.87. The first-order valence-electron chi connectivity index (χ1n) is 10.4. The van der Waals surface area contributed by atoms with Gasteiger partial charge in [-0.25, -0.2) is 4.98 Å². The van der Waals surface area contributed by atoms with E-state index in [-0.39, 0.29) is 24.0 Å². The lowest BCUT2D eigenvalue weighted by Crippen LogP contribution is -2.47. The number of aromatic nitrogens is 2. The minimum absolute atomic E-state index is 0. The number of imidazole rings is 1. The van der Waals surface area contributed by atoms with Crippen LogP contribution in [0.2, 0.25) is 0 Å². The Balaban J connectivity index is 0.00000272. The van der Waals surface area contributed by atoms with Gasteiger partial charge in [0, 0.05) is 44.6 Å². The number of aliphatic imine (C=N–C) groups is 1. The average Bonchev–Trinajstić information content (AvgIpc) is 3.43. The number of guanidine groups is 1. The molecule has 3 heterocycles. The van der Waals surface area contributed by atoms with Crippen LogP contribution in [-0.4, -0.2) is 59.0 Å². The predicted octanol–water partition coefficient (Wildman–Crippen LogP) is 4.21. The topological polar surface area (TPSA) is 59.6 Å². The molecule has 1 aromatic carbocycles. The summed E-state index contributed by atoms with van der Waals surface area (Å²) in [4.78, 5) is 18.6. The van der Waals surface area contributed by atoms with Crippen molar-refractivity contribution in [2.45, 2.75) is 32.5 Å². The number of nitrogens with zero attached hydrogens (tertiary/aromatic N) is 4. The molecule has 4 rings (SSSR count). The van der Waals surface area contributed by atoms with Gasteiger partial charge in [-0.3, -0.25) is 9.89 Å². The Kier molecular flexibility index (Phi) is 8.50. The number of H-pyrrole nitrogens is 1. The standard InChI is InChI=1S/C23H30N6S.HI/c1-17(29-11-9-21-19(15-29)10-12-30-21)13-26-23(24-2)28(3)16-22-25-14-20(27-22)18-7-5-4-6-8-18;/h4-8,10,12,14,17H,9,11,13,15-16H2,1-3H3,(H,24,26)(H,25,27);1H. The highest BCUT2D eigenvalue weighted by Crippen LogP contribution is 2.25. The summed E-state index contributed by atoms with van der Waals surface area (Å²) in [5.74, 6) is 1.81. The van der Waals surface area contributed by atoms with Crippen LogP contribution in [0.5, 0.6) is 0 Å². The van der Waals surface area contributed by atoms with Gasteiger partial charge in [0.1, 0.15) is 5.82 Å². The quantitative estimate of drug-likeness (QED) is 0.274. The van der Waals surface area contributed by atoms with Crippen LogP contribution in [-0.2, 0) is 19.5 Å². The van der Waals surface area contributed by atoms with Gasteiger partial charge in [0.2, 0.25) is 0 Å². The van der Waals surface area contributed by atoms with Crippen LogP contribution in [0.25, 0.3) is 11.3 Å². The van der Waals surface area contributed by atoms with Crippen LogP contribution in [0, 0.1) is 0 Å². The number of aromatic amines is 1. The number of nitrogens with one attached hydrogen (secondary N) is 2. The van der Waals surface area contributed by atoms with E-state index >= 15 is 0 Å². The maximum absolute atomic E-state index is 4.55. The van der Waals surface area contributed by atoms with E-state index in [2.05, 4.69) is 60.6 Å². The van der Waals surface area contributed by atoms with Gasteiger partial charge in [-0.05, 0) is 35.9 Å². The molecule has 0 bridgehead atoms. The largest absolute Gasteiger partial charge is 0.355 e. The highest BCUT2D eigenvalue weighted by molar-refractivity contribution is 14.0. The summed E-state index contributed by atoms with van der Waals surface area (Å²) in [7, 11) is 3.88. The van der Waals surface area contributed by atoms with Crippen molar-refractivity contribution in [1.29, 1.82) is 0 Å². The second-order valence-corrected chi connectivity index (χ2v) is 8.83. The van der Waals surface area contributed by atoms with Crippen LogP contribution in [0.4, 0.5) is 0 Å². The van der Waals surface area contributed by atoms with Crippen LogP contribution < -0.4 is 5.32 Å². The Morgan fingerprint density at radius 2 is 2.13 bits per heavy atom. The molecular formula is C23H31IN6S. The molecule has 0 fully saturated rings. The van der Waals surface area contributed by atoms with Crippen molar-refractivity contribution in [2.75, 3.05) is 27.2 Å². The molecule has 1 unspecified atom stereocenters. The van der Waals surface area contributed by atoms with E-state index in [1.54, 1.807) is 4.88 Å². The van der Waals surface area contributed by atoms with Crippen molar-refractivity contribution in [3.05, 3.63) is 64.2 Å². The zero-order valence-electron chi connectivity index (χ0n) is 18.3. The highest BCUT2D eigenvalue weighted by atomic mass is 127. The Morgan fingerprint density at radius 3 is 2.90 bits per heavy atom. The zero-order valence-corrected chi connectivity index (χ0v) is 21.5. The van der Waals surface area contributed by atoms with Crippen LogP contribution in [0.3, 0.4) is 0 Å². The Hall–Kier alpha value is -1.91. The van der Waals surface area contributed by atoms with E-state index in [0.29, 0.717) is 12.6 Å². The van der Waals surface area contributed by atoms with Crippen molar-refractivity contribution in [3.8, 4) is 11.3 Å². The molecular weight excluding hydrogens is 519 g/mol. The summed E-state index contributed by atoms with van der Waals surface area (Å²) in [6.07, 6.45) is 3.06. The monoisotopic (exact) mass is 550 g/mol. The lowest BCUT2D eigenvalue weighted by molar-refractivity contribution is 0.192. The summed E-state index contributed by atoms with van der Waals surface area (Å²) >= 11 is 1.89. The molecule has 8 heteroatoms. The van der Waals surface area contributed by atoms with Gasteiger partial charge in [-0.1, -0.05) is 30.3 Å². The van der Waals surface area contributed by atoms with Crippen molar-refractivity contribution in [2.24, 2.45) is 4.99 Å². The number of thiophene rings is 1. The van der Waals surface area contributed by atoms with Crippen LogP contribution >= 0.6 is 35.3 Å². The maximum atomic E-state index is 4.55. The molecule has 0 radical (unpaired) electrons. The first-order valence-corrected chi connectivity index (χ1v) is 11.3. The summed E-state index contributed by atoms with van der Waals surface area (Å²) in [6.45, 7) is 5.99. The number of benzene rings is 1. The maximum Gasteiger partial charge on any atom is 0.193 e. The fraction of sp³-hybridized carbons (Fsp3) is 0.391. The van der Waals surface area contributed by atoms with E-state index in [9.17, 15) is 0 Å². The first kappa shape index (κ1) is 23.7. The molecule has 2 aromatic heterocycles. The third-order valence-corrected chi connectivity index (χ3v) is 6.71. The van der Waals surface area contributed by atoms with Crippen molar-refractivity contribution < 1.29 is 0 Å². The fourth-order valence-electron chi connectivity index (χ4n) is 3.91. The Bertz CT molecular complexity index is 983. The lowest BCUT2D eigenvalue weighted by Gasteiger charge is -2.33. The minimum atomic E-state index is 0. The van der Waals surface area contributed by atoms with Crippen molar-refractivity contribution in [3.63, 3.8) is 0 Å². The van der Waals surface area contributed by atoms with Gasteiger partial charge in [-0.15, -0.1) is 35.3 Å². The van der Waals surface area contributed by atoms with E-state index in [1.165, 1.54) is 5.56 Å². The molecule has 31 heavy (non-hydrogen) atoms. The van der Waals surface area contributed by atoms with E-state index in [0.717, 1.165) is 49.1 Å². The van der Waals surface area contributed by atoms with E-state index in [4.69, 9.17) is 0 Å². The van der Waals surface area contributed by atoms with E-state index < -0.39 is 0 Å². The Morgan fingerprint density at radius 1 is 1.32 bits per heavy atom. The van der Waals surface area contributed by atoms with Gasteiger partial charge in [0.15, 0.2) is 5.96 Å². The zero-order chi connectivity index (χ0) is 20.9. The van der Waals surface area contributed by atoms with Crippen LogP contribution in [0.1, 0.15) is 23.2 Å². The van der Waals surface area contributed by atoms with Gasteiger partial charge in [0.05, 0.1) is 18.4 Å². The average molecular weight is 551 g/mol. The third-order valence-electron chi connectivity index (χ3n) is 5.69. The van der Waals surface area contributed by atoms with Gasteiger partial charge in [0.25, 0.3) is 0 Å². The van der Waals surface area contributed by atoms with Crippen LogP contribution in [0.15, 0.2) is 53.0 Å². The van der Waals surface area contributed by atoms with Gasteiger partial charge < -0.3 is 15.2 Å². The molecule has 1 aliphatic heterocycles. The number of rotatable bonds is 6. The number of halogens is 1. The number of fused-ring (bicyclic) bond motifs is 1. The smallest absolute Gasteiger partial charge is 0.193 e. The fourth-order valence-corrected chi connectivity index (χ4v) is 4.80. The molecule has 1 atom stereocenters. The summed E-state index contributed by atoms with van der Waals surface area (Å²) in [5.41, 5.74) is 3.67. The molecule has 0 saturated heterocycles. The van der Waals surface area contributed by atoms with Crippen molar-refractivity contribution >= 4 is 41.3 Å². The molecule has 166 valence electrons. The van der Waals surface area contributed by atoms with Gasteiger partial charge >= 0.3 is 0 Å². The Labute approximate surface area is 205 Å². The number of hydrogen-bond acceptors (Lipinski definition) is 4. The molecule has 0 spiro atoms. The lowest BCUT2D eigenvalue weighted by atomic mass is 10.1. The summed E-state index contributed by atoms with van der Waals surface area (Å²) in [5, 5.41) is 5.75. The summed E-state index contributed by atoms with van der Waals surface area (Å²) < 4.78 is 0. The molecule has 6 nitrogen and oxygen atoms in total. The molecule has 3 aromatic rings.